The van der Waals surface area contributed by atoms with Gasteiger partial charge in [0.15, 0.2) is 0 Å². The maximum Gasteiger partial charge on any atom is 0.0843 e. The van der Waals surface area contributed by atoms with E-state index in [0.29, 0.717) is 0 Å². The Morgan fingerprint density at radius 2 is 2.38 bits per heavy atom. The summed E-state index contributed by atoms with van der Waals surface area (Å²) in [6.45, 7) is 2.02. The first-order chi connectivity index (χ1) is 7.74. The monoisotopic (exact) mass is 239 g/mol. The minimum atomic E-state index is -0.0526. The molecule has 1 atom stereocenters. The van der Waals surface area contributed by atoms with E-state index in [1.807, 2.05) is 18.2 Å². The smallest absolute Gasteiger partial charge is 0.0843 e. The van der Waals surface area contributed by atoms with Gasteiger partial charge in [-0.05, 0) is 37.1 Å². The van der Waals surface area contributed by atoms with Crippen LogP contribution in [0.5, 0.6) is 0 Å². The Balaban J connectivity index is 2.11. The number of halogens is 1. The van der Waals surface area contributed by atoms with E-state index in [9.17, 15) is 0 Å². The van der Waals surface area contributed by atoms with Crippen molar-refractivity contribution in [2.75, 3.05) is 20.2 Å². The predicted molar refractivity (Wildman–Crippen MR) is 67.0 cm³/mol. The van der Waals surface area contributed by atoms with Crippen LogP contribution in [-0.2, 0) is 11.2 Å². The molecule has 2 rings (SSSR count). The van der Waals surface area contributed by atoms with E-state index in [4.69, 9.17) is 16.3 Å². The SMILES string of the molecule is COC1(Cc2cccc(Cl)c2)CCCNC1. The lowest BCUT2D eigenvalue weighted by atomic mass is 9.87. The Morgan fingerprint density at radius 3 is 3.00 bits per heavy atom. The fourth-order valence-corrected chi connectivity index (χ4v) is 2.57. The third-order valence-corrected chi connectivity index (χ3v) is 3.52. The van der Waals surface area contributed by atoms with Gasteiger partial charge >= 0.3 is 0 Å². The molecule has 1 aromatic carbocycles. The Bertz CT molecular complexity index is 348. The van der Waals surface area contributed by atoms with Crippen LogP contribution in [0, 0.1) is 0 Å². The van der Waals surface area contributed by atoms with E-state index in [2.05, 4.69) is 11.4 Å². The van der Waals surface area contributed by atoms with Gasteiger partial charge in [-0.15, -0.1) is 0 Å². The first-order valence-electron chi connectivity index (χ1n) is 5.74. The minimum absolute atomic E-state index is 0.0526. The first kappa shape index (κ1) is 11.9. The van der Waals surface area contributed by atoms with E-state index in [-0.39, 0.29) is 5.60 Å². The van der Waals surface area contributed by atoms with Crippen LogP contribution in [0.2, 0.25) is 5.02 Å². The lowest BCUT2D eigenvalue weighted by Gasteiger charge is -2.36. The molecule has 1 fully saturated rings. The Kier molecular flexibility index (Phi) is 3.85. The van der Waals surface area contributed by atoms with Crippen molar-refractivity contribution < 1.29 is 4.74 Å². The minimum Gasteiger partial charge on any atom is -0.377 e. The second-order valence-corrected chi connectivity index (χ2v) is 4.91. The number of ether oxygens (including phenoxy) is 1. The average molecular weight is 240 g/mol. The van der Waals surface area contributed by atoms with Crippen molar-refractivity contribution in [3.8, 4) is 0 Å². The summed E-state index contributed by atoms with van der Waals surface area (Å²) in [6.07, 6.45) is 3.22. The van der Waals surface area contributed by atoms with Gasteiger partial charge in [0, 0.05) is 25.1 Å². The summed E-state index contributed by atoms with van der Waals surface area (Å²) in [7, 11) is 1.80. The number of hydrogen-bond donors (Lipinski definition) is 1. The van der Waals surface area contributed by atoms with Crippen molar-refractivity contribution in [2.45, 2.75) is 24.9 Å². The molecule has 1 unspecified atom stereocenters. The highest BCUT2D eigenvalue weighted by Crippen LogP contribution is 2.26. The summed E-state index contributed by atoms with van der Waals surface area (Å²) in [5.74, 6) is 0. The van der Waals surface area contributed by atoms with Gasteiger partial charge in [-0.1, -0.05) is 23.7 Å². The maximum atomic E-state index is 5.99. The van der Waals surface area contributed by atoms with Gasteiger partial charge < -0.3 is 10.1 Å². The average Bonchev–Trinajstić information content (AvgIpc) is 2.30. The van der Waals surface area contributed by atoms with E-state index in [1.165, 1.54) is 12.0 Å². The third-order valence-electron chi connectivity index (χ3n) is 3.28. The summed E-state index contributed by atoms with van der Waals surface area (Å²) in [5.41, 5.74) is 1.20. The molecule has 3 heteroatoms. The zero-order valence-corrected chi connectivity index (χ0v) is 10.4. The van der Waals surface area contributed by atoms with Crippen molar-refractivity contribution in [1.29, 1.82) is 0 Å². The van der Waals surface area contributed by atoms with Crippen molar-refractivity contribution in [2.24, 2.45) is 0 Å². The van der Waals surface area contributed by atoms with Crippen LogP contribution in [0.3, 0.4) is 0 Å². The molecule has 0 aromatic heterocycles. The summed E-state index contributed by atoms with van der Waals surface area (Å²) in [6, 6.07) is 8.04. The van der Waals surface area contributed by atoms with Gasteiger partial charge in [0.25, 0.3) is 0 Å². The first-order valence-corrected chi connectivity index (χ1v) is 6.12. The van der Waals surface area contributed by atoms with Crippen LogP contribution in [-0.4, -0.2) is 25.8 Å². The molecule has 2 nitrogen and oxygen atoms in total. The quantitative estimate of drug-likeness (QED) is 0.876. The molecule has 1 aromatic rings. The van der Waals surface area contributed by atoms with Crippen LogP contribution in [0.15, 0.2) is 24.3 Å². The molecular formula is C13H18ClNO. The van der Waals surface area contributed by atoms with Crippen molar-refractivity contribution in [3.05, 3.63) is 34.9 Å². The second-order valence-electron chi connectivity index (χ2n) is 4.47. The fraction of sp³-hybridized carbons (Fsp3) is 0.538. The standard InChI is InChI=1S/C13H18ClNO/c1-16-13(6-3-7-15-10-13)9-11-4-2-5-12(14)8-11/h2,4-5,8,15H,3,6-7,9-10H2,1H3. The molecule has 0 aliphatic carbocycles. The summed E-state index contributed by atoms with van der Waals surface area (Å²) in [5, 5.41) is 4.20. The largest absolute Gasteiger partial charge is 0.377 e. The lowest BCUT2D eigenvalue weighted by Crippen LogP contribution is -2.48. The van der Waals surface area contributed by atoms with Gasteiger partial charge in [0.1, 0.15) is 0 Å². The predicted octanol–water partition coefficient (Wildman–Crippen LogP) is 2.65. The molecule has 1 heterocycles. The highest BCUT2D eigenvalue weighted by atomic mass is 35.5. The number of methoxy groups -OCH3 is 1. The molecular weight excluding hydrogens is 222 g/mol. The van der Waals surface area contributed by atoms with E-state index < -0.39 is 0 Å². The Morgan fingerprint density at radius 1 is 1.50 bits per heavy atom. The van der Waals surface area contributed by atoms with Crippen LogP contribution in [0.1, 0.15) is 18.4 Å². The number of rotatable bonds is 3. The highest BCUT2D eigenvalue weighted by molar-refractivity contribution is 6.30. The lowest BCUT2D eigenvalue weighted by molar-refractivity contribution is -0.0278. The molecule has 1 aliphatic heterocycles. The van der Waals surface area contributed by atoms with Crippen molar-refractivity contribution in [1.82, 2.24) is 5.32 Å². The Labute approximate surface area is 102 Å². The fourth-order valence-electron chi connectivity index (χ4n) is 2.36. The van der Waals surface area contributed by atoms with Gasteiger partial charge in [-0.25, -0.2) is 0 Å². The summed E-state index contributed by atoms with van der Waals surface area (Å²) >= 11 is 5.99. The number of hydrogen-bond acceptors (Lipinski definition) is 2. The molecule has 0 spiro atoms. The molecule has 0 bridgehead atoms. The highest BCUT2D eigenvalue weighted by Gasteiger charge is 2.31. The molecule has 1 N–H and O–H groups in total. The summed E-state index contributed by atoms with van der Waals surface area (Å²) in [4.78, 5) is 0. The zero-order valence-electron chi connectivity index (χ0n) is 9.63. The van der Waals surface area contributed by atoms with Gasteiger partial charge in [-0.3, -0.25) is 0 Å². The van der Waals surface area contributed by atoms with Crippen LogP contribution in [0.25, 0.3) is 0 Å². The second kappa shape index (κ2) is 5.17. The van der Waals surface area contributed by atoms with Gasteiger partial charge in [0.05, 0.1) is 5.60 Å². The zero-order chi connectivity index (χ0) is 11.4. The van der Waals surface area contributed by atoms with E-state index in [0.717, 1.165) is 31.0 Å². The topological polar surface area (TPSA) is 21.3 Å². The maximum absolute atomic E-state index is 5.99. The number of piperidine rings is 1. The molecule has 16 heavy (non-hydrogen) atoms. The van der Waals surface area contributed by atoms with Crippen LogP contribution in [0.4, 0.5) is 0 Å². The van der Waals surface area contributed by atoms with Crippen molar-refractivity contribution in [3.63, 3.8) is 0 Å². The summed E-state index contributed by atoms with van der Waals surface area (Å²) < 4.78 is 5.72. The molecule has 88 valence electrons. The van der Waals surface area contributed by atoms with Crippen LogP contribution < -0.4 is 5.32 Å². The molecule has 0 radical (unpaired) electrons. The number of nitrogens with one attached hydrogen (secondary N) is 1. The van der Waals surface area contributed by atoms with Gasteiger partial charge in [-0.2, -0.15) is 0 Å². The number of benzene rings is 1. The molecule has 0 saturated carbocycles. The Hall–Kier alpha value is -0.570. The molecule has 1 saturated heterocycles. The molecule has 1 aliphatic rings. The van der Waals surface area contributed by atoms with Crippen LogP contribution >= 0.6 is 11.6 Å². The normalized spacial score (nSPS) is 25.6. The molecule has 0 amide bonds. The van der Waals surface area contributed by atoms with E-state index in [1.54, 1.807) is 7.11 Å². The third kappa shape index (κ3) is 2.76. The van der Waals surface area contributed by atoms with E-state index >= 15 is 0 Å². The van der Waals surface area contributed by atoms with Crippen molar-refractivity contribution >= 4 is 11.6 Å². The van der Waals surface area contributed by atoms with Gasteiger partial charge in [0.2, 0.25) is 0 Å².